The first-order chi connectivity index (χ1) is 32.3. The molecule has 9 aromatic rings. The first-order valence-electron chi connectivity index (χ1n) is 23.9. The smallest absolute Gasteiger partial charge is 0.135 e. The molecule has 0 saturated heterocycles. The number of aromatic nitrogens is 2. The number of pyridine rings is 1. The van der Waals surface area contributed by atoms with Crippen LogP contribution in [0.1, 0.15) is 104 Å². The minimum absolute atomic E-state index is 0. The van der Waals surface area contributed by atoms with Gasteiger partial charge in [-0.25, -0.2) is 4.98 Å². The van der Waals surface area contributed by atoms with E-state index in [4.69, 9.17) is 9.72 Å². The van der Waals surface area contributed by atoms with E-state index < -0.39 is 0 Å². The predicted molar refractivity (Wildman–Crippen MR) is 284 cm³/mol. The molecule has 1 aliphatic rings. The molecule has 6 heteroatoms. The molecule has 0 spiro atoms. The molecule has 1 aliphatic heterocycles. The third-order valence-corrected chi connectivity index (χ3v) is 13.7. The molecule has 69 heavy (non-hydrogen) atoms. The number of nitrogens with zero attached hydrogens (tertiary/aromatic N) is 4. The predicted octanol–water partition coefficient (Wildman–Crippen LogP) is 16.9. The zero-order valence-electron chi connectivity index (χ0n) is 41.7. The van der Waals surface area contributed by atoms with Crippen molar-refractivity contribution in [2.75, 3.05) is 9.80 Å². The van der Waals surface area contributed by atoms with Gasteiger partial charge in [-0.3, -0.25) is 0 Å². The summed E-state index contributed by atoms with van der Waals surface area (Å²) >= 11 is 0. The van der Waals surface area contributed by atoms with Gasteiger partial charge in [0.15, 0.2) is 0 Å². The maximum Gasteiger partial charge on any atom is 0.135 e. The molecule has 0 saturated carbocycles. The van der Waals surface area contributed by atoms with Crippen LogP contribution in [-0.4, -0.2) is 9.55 Å². The van der Waals surface area contributed by atoms with Crippen LogP contribution in [-0.2, 0) is 42.7 Å². The maximum absolute atomic E-state index is 6.78. The Hall–Kier alpha value is -6.42. The Morgan fingerprint density at radius 3 is 1.86 bits per heavy atom. The molecule has 2 aromatic heterocycles. The summed E-state index contributed by atoms with van der Waals surface area (Å²) < 4.78 is 9.02. The third kappa shape index (κ3) is 9.15. The van der Waals surface area contributed by atoms with Crippen molar-refractivity contribution in [3.05, 3.63) is 211 Å². The summed E-state index contributed by atoms with van der Waals surface area (Å²) in [6.45, 7) is 27.2. The first kappa shape index (κ1) is 47.6. The second-order valence-corrected chi connectivity index (χ2v) is 22.0. The molecule has 0 radical (unpaired) electrons. The van der Waals surface area contributed by atoms with Crippen molar-refractivity contribution in [3.8, 4) is 28.4 Å². The van der Waals surface area contributed by atoms with E-state index in [2.05, 4.69) is 249 Å². The number of ether oxygens (including phenoxy) is 1. The first-order valence-corrected chi connectivity index (χ1v) is 23.9. The van der Waals surface area contributed by atoms with E-state index in [9.17, 15) is 0 Å². The SMILES string of the molecule is CC(C)(C)c1cc(-c2ccccc2)cc(N2[CH-]N(c3[c-]c(Oc4[c-]c5c(cc4)c4cc(C(C)(C)c6ccccc6)ccc4n5-c4cc(C(C)(C)C)ccn4)ccc3)c3cc(C(C)(C)C)ccc32)c1.[Pt]. The fourth-order valence-corrected chi connectivity index (χ4v) is 9.40. The number of anilines is 4. The largest absolute Gasteiger partial charge is 0.509 e. The van der Waals surface area contributed by atoms with Crippen molar-refractivity contribution in [1.29, 1.82) is 0 Å². The van der Waals surface area contributed by atoms with Crippen molar-refractivity contribution >= 4 is 44.6 Å². The molecular weight excluding hydrogens is 1020 g/mol. The molecule has 3 heterocycles. The summed E-state index contributed by atoms with van der Waals surface area (Å²) in [5.74, 6) is 2.05. The standard InChI is InChI=1S/C63H61N4O.Pt/c1-60(2,3)45-25-30-56-58(37-45)65(41-66(56)50-34-43(42-19-14-12-15-20-42)33-48(35-50)62(7,8)9)49-23-18-24-51(39-49)68-52-27-28-53-54-36-47(63(10,11)44-21-16-13-17-22-44)26-29-55(54)67(57(53)40-52)59-38-46(31-32-64-59)61(4,5)6;/h12-38,41H,1-11H3;/q-3;. The van der Waals surface area contributed by atoms with Crippen molar-refractivity contribution < 1.29 is 25.8 Å². The van der Waals surface area contributed by atoms with Crippen LogP contribution in [0.4, 0.5) is 22.7 Å². The quantitative estimate of drug-likeness (QED) is 0.142. The molecule has 0 amide bonds. The van der Waals surface area contributed by atoms with Gasteiger partial charge in [0.25, 0.3) is 0 Å². The third-order valence-electron chi connectivity index (χ3n) is 13.7. The van der Waals surface area contributed by atoms with Gasteiger partial charge in [-0.05, 0) is 103 Å². The average molecular weight is 1090 g/mol. The van der Waals surface area contributed by atoms with E-state index in [1.54, 1.807) is 0 Å². The second kappa shape index (κ2) is 17.8. The molecule has 5 nitrogen and oxygen atoms in total. The molecule has 0 unspecified atom stereocenters. The Morgan fingerprint density at radius 1 is 0.478 bits per heavy atom. The molecule has 0 fully saturated rings. The summed E-state index contributed by atoms with van der Waals surface area (Å²) in [6, 6.07) is 64.1. The monoisotopic (exact) mass is 1080 g/mol. The molecule has 10 rings (SSSR count). The van der Waals surface area contributed by atoms with E-state index in [1.807, 2.05) is 24.4 Å². The van der Waals surface area contributed by atoms with Crippen LogP contribution in [0.25, 0.3) is 38.8 Å². The minimum atomic E-state index is -0.206. The Bertz CT molecular complexity index is 3330. The average Bonchev–Trinajstić information content (AvgIpc) is 3.87. The van der Waals surface area contributed by atoms with Crippen LogP contribution in [0.15, 0.2) is 164 Å². The van der Waals surface area contributed by atoms with Gasteiger partial charge in [0, 0.05) is 66.8 Å². The van der Waals surface area contributed by atoms with E-state index >= 15 is 0 Å². The van der Waals surface area contributed by atoms with E-state index in [0.717, 1.165) is 50.4 Å². The number of rotatable bonds is 8. The van der Waals surface area contributed by atoms with Crippen molar-refractivity contribution in [1.82, 2.24) is 9.55 Å². The fraction of sp³-hybridized carbons (Fsp3) is 0.238. The van der Waals surface area contributed by atoms with Crippen LogP contribution in [0, 0.1) is 18.8 Å². The Labute approximate surface area is 424 Å². The molecule has 0 bridgehead atoms. The fourth-order valence-electron chi connectivity index (χ4n) is 9.40. The van der Waals surface area contributed by atoms with E-state index in [0.29, 0.717) is 11.5 Å². The summed E-state index contributed by atoms with van der Waals surface area (Å²) in [7, 11) is 0. The Morgan fingerprint density at radius 2 is 1.14 bits per heavy atom. The van der Waals surface area contributed by atoms with Crippen LogP contribution in [0.2, 0.25) is 0 Å². The van der Waals surface area contributed by atoms with Crippen LogP contribution >= 0.6 is 0 Å². The van der Waals surface area contributed by atoms with Crippen LogP contribution in [0.5, 0.6) is 11.5 Å². The molecule has 0 aliphatic carbocycles. The van der Waals surface area contributed by atoms with Gasteiger partial charge in [-0.15, -0.1) is 48.1 Å². The van der Waals surface area contributed by atoms with Gasteiger partial charge in [-0.1, -0.05) is 167 Å². The molecule has 352 valence electrons. The minimum Gasteiger partial charge on any atom is -0.509 e. The van der Waals surface area contributed by atoms with Gasteiger partial charge >= 0.3 is 0 Å². The van der Waals surface area contributed by atoms with Gasteiger partial charge in [0.2, 0.25) is 0 Å². The van der Waals surface area contributed by atoms with Crippen molar-refractivity contribution in [2.45, 2.75) is 97.8 Å². The number of hydrogen-bond acceptors (Lipinski definition) is 4. The maximum atomic E-state index is 6.78. The normalized spacial score (nSPS) is 13.2. The van der Waals surface area contributed by atoms with E-state index in [1.165, 1.54) is 38.9 Å². The zero-order valence-corrected chi connectivity index (χ0v) is 44.0. The van der Waals surface area contributed by atoms with Crippen molar-refractivity contribution in [3.63, 3.8) is 0 Å². The Kier molecular flexibility index (Phi) is 12.3. The number of fused-ring (bicyclic) bond motifs is 4. The topological polar surface area (TPSA) is 33.5 Å². The van der Waals surface area contributed by atoms with Gasteiger partial charge in [-0.2, -0.15) is 12.1 Å². The van der Waals surface area contributed by atoms with E-state index in [-0.39, 0.29) is 42.7 Å². The van der Waals surface area contributed by atoms with Crippen LogP contribution in [0.3, 0.4) is 0 Å². The molecular formula is C63H61N4OPt-3. The zero-order chi connectivity index (χ0) is 47.8. The number of benzene rings is 7. The number of hydrogen-bond donors (Lipinski definition) is 0. The van der Waals surface area contributed by atoms with Crippen molar-refractivity contribution in [2.24, 2.45) is 0 Å². The molecule has 0 atom stereocenters. The second-order valence-electron chi connectivity index (χ2n) is 22.0. The van der Waals surface area contributed by atoms with Crippen LogP contribution < -0.4 is 14.5 Å². The van der Waals surface area contributed by atoms with Gasteiger partial charge < -0.3 is 19.1 Å². The van der Waals surface area contributed by atoms with Gasteiger partial charge in [0.1, 0.15) is 5.82 Å². The summed E-state index contributed by atoms with van der Waals surface area (Å²) in [5, 5.41) is 2.23. The molecule has 7 aromatic carbocycles. The Balaban J connectivity index is 0.00000593. The summed E-state index contributed by atoms with van der Waals surface area (Å²) in [4.78, 5) is 9.54. The van der Waals surface area contributed by atoms with Gasteiger partial charge in [0.05, 0.1) is 0 Å². The molecule has 0 N–H and O–H groups in total. The summed E-state index contributed by atoms with van der Waals surface area (Å²) in [5.41, 5.74) is 14.4. The summed E-state index contributed by atoms with van der Waals surface area (Å²) in [6.07, 6.45) is 1.92.